The highest BCUT2D eigenvalue weighted by molar-refractivity contribution is 5.82. The highest BCUT2D eigenvalue weighted by Crippen LogP contribution is 2.35. The molecule has 17 heavy (non-hydrogen) atoms. The average molecular weight is 238 g/mol. The first kappa shape index (κ1) is 14.3. The number of hydrogen-bond donors (Lipinski definition) is 0. The lowest BCUT2D eigenvalue weighted by molar-refractivity contribution is -0.149. The first-order valence-electron chi connectivity index (χ1n) is 6.75. The highest BCUT2D eigenvalue weighted by atomic mass is 16.5. The highest BCUT2D eigenvalue weighted by Gasteiger charge is 2.32. The zero-order chi connectivity index (χ0) is 13.0. The van der Waals surface area contributed by atoms with E-state index in [1.807, 2.05) is 13.8 Å². The van der Waals surface area contributed by atoms with Crippen LogP contribution in [-0.4, -0.2) is 12.1 Å². The van der Waals surface area contributed by atoms with E-state index in [4.69, 9.17) is 4.74 Å². The number of esters is 1. The zero-order valence-electron chi connectivity index (χ0n) is 11.8. The quantitative estimate of drug-likeness (QED) is 0.549. The Bertz CT molecular complexity index is 287. The monoisotopic (exact) mass is 238 g/mol. The molecule has 0 amide bonds. The molecular weight excluding hydrogens is 212 g/mol. The van der Waals surface area contributed by atoms with E-state index in [-0.39, 0.29) is 12.1 Å². The van der Waals surface area contributed by atoms with Crippen LogP contribution in [0, 0.1) is 17.8 Å². The fourth-order valence-electron chi connectivity index (χ4n) is 2.66. The molecule has 1 aliphatic carbocycles. The zero-order valence-corrected chi connectivity index (χ0v) is 11.8. The molecule has 1 fully saturated rings. The summed E-state index contributed by atoms with van der Waals surface area (Å²) in [5.41, 5.74) is 1.00. The topological polar surface area (TPSA) is 26.3 Å². The van der Waals surface area contributed by atoms with E-state index < -0.39 is 0 Å². The molecule has 0 heterocycles. The van der Waals surface area contributed by atoms with Gasteiger partial charge in [0, 0.05) is 6.08 Å². The largest absolute Gasteiger partial charge is 0.459 e. The Hall–Kier alpha value is -0.790. The first-order chi connectivity index (χ1) is 7.90. The Morgan fingerprint density at radius 1 is 1.29 bits per heavy atom. The second-order valence-electron chi connectivity index (χ2n) is 6.02. The predicted molar refractivity (Wildman–Crippen MR) is 70.7 cm³/mol. The van der Waals surface area contributed by atoms with Crippen molar-refractivity contribution in [3.05, 3.63) is 11.6 Å². The van der Waals surface area contributed by atoms with E-state index in [0.29, 0.717) is 11.8 Å². The lowest BCUT2D eigenvalue weighted by Gasteiger charge is -2.36. The van der Waals surface area contributed by atoms with Crippen LogP contribution in [0.5, 0.6) is 0 Å². The smallest absolute Gasteiger partial charge is 0.330 e. The Labute approximate surface area is 105 Å². The molecule has 0 aliphatic heterocycles. The van der Waals surface area contributed by atoms with Crippen LogP contribution in [0.4, 0.5) is 0 Å². The van der Waals surface area contributed by atoms with Gasteiger partial charge < -0.3 is 4.74 Å². The molecule has 0 bridgehead atoms. The van der Waals surface area contributed by atoms with Crippen molar-refractivity contribution >= 4 is 5.97 Å². The standard InChI is InChI=1S/C15H26O2/c1-10(2)8-15(16)17-14-7-6-12(5)9-13(14)11(3)4/h8,11-14H,6-7,9H2,1-5H3. The molecule has 1 aliphatic rings. The van der Waals surface area contributed by atoms with Crippen molar-refractivity contribution in [1.82, 2.24) is 0 Å². The van der Waals surface area contributed by atoms with Crippen molar-refractivity contribution < 1.29 is 9.53 Å². The third-order valence-corrected chi connectivity index (χ3v) is 3.63. The van der Waals surface area contributed by atoms with Crippen LogP contribution in [-0.2, 0) is 9.53 Å². The minimum Gasteiger partial charge on any atom is -0.459 e. The normalized spacial score (nSPS) is 28.9. The van der Waals surface area contributed by atoms with Crippen LogP contribution < -0.4 is 0 Å². The Balaban J connectivity index is 2.61. The van der Waals surface area contributed by atoms with Gasteiger partial charge in [-0.05, 0) is 50.9 Å². The van der Waals surface area contributed by atoms with Crippen molar-refractivity contribution in [1.29, 1.82) is 0 Å². The fraction of sp³-hybridized carbons (Fsp3) is 0.800. The molecule has 98 valence electrons. The SMILES string of the molecule is CC(C)=CC(=O)OC1CCC(C)CC1C(C)C. The van der Waals surface area contributed by atoms with Crippen molar-refractivity contribution in [2.45, 2.75) is 60.0 Å². The molecule has 2 heteroatoms. The van der Waals surface area contributed by atoms with Gasteiger partial charge in [-0.3, -0.25) is 0 Å². The van der Waals surface area contributed by atoms with Gasteiger partial charge in [0.2, 0.25) is 0 Å². The molecule has 0 aromatic heterocycles. The van der Waals surface area contributed by atoms with Crippen LogP contribution in [0.2, 0.25) is 0 Å². The molecule has 0 saturated heterocycles. The number of carbonyl (C=O) groups excluding carboxylic acids is 1. The van der Waals surface area contributed by atoms with E-state index in [0.717, 1.165) is 17.9 Å². The lowest BCUT2D eigenvalue weighted by atomic mass is 9.75. The van der Waals surface area contributed by atoms with E-state index >= 15 is 0 Å². The lowest BCUT2D eigenvalue weighted by Crippen LogP contribution is -2.35. The second-order valence-corrected chi connectivity index (χ2v) is 6.02. The Morgan fingerprint density at radius 2 is 1.94 bits per heavy atom. The maximum absolute atomic E-state index is 11.7. The van der Waals surface area contributed by atoms with Crippen molar-refractivity contribution in [2.75, 3.05) is 0 Å². The molecule has 0 N–H and O–H groups in total. The van der Waals surface area contributed by atoms with Gasteiger partial charge in [0.1, 0.15) is 6.10 Å². The predicted octanol–water partition coefficient (Wildman–Crippen LogP) is 3.96. The molecule has 1 rings (SSSR count). The van der Waals surface area contributed by atoms with E-state index in [1.54, 1.807) is 6.08 Å². The average Bonchev–Trinajstić information content (AvgIpc) is 2.19. The van der Waals surface area contributed by atoms with Gasteiger partial charge in [-0.15, -0.1) is 0 Å². The van der Waals surface area contributed by atoms with Gasteiger partial charge in [0.25, 0.3) is 0 Å². The van der Waals surface area contributed by atoms with Gasteiger partial charge in [-0.25, -0.2) is 4.79 Å². The second kappa shape index (κ2) is 6.23. The number of allylic oxidation sites excluding steroid dienone is 1. The van der Waals surface area contributed by atoms with Crippen LogP contribution in [0.25, 0.3) is 0 Å². The summed E-state index contributed by atoms with van der Waals surface area (Å²) in [5.74, 6) is 1.70. The molecule has 1 saturated carbocycles. The van der Waals surface area contributed by atoms with Crippen LogP contribution in [0.3, 0.4) is 0 Å². The van der Waals surface area contributed by atoms with E-state index in [9.17, 15) is 4.79 Å². The molecule has 0 aromatic rings. The molecule has 0 radical (unpaired) electrons. The summed E-state index contributed by atoms with van der Waals surface area (Å²) in [5, 5.41) is 0. The third kappa shape index (κ3) is 4.53. The molecular formula is C15H26O2. The molecule has 3 atom stereocenters. The summed E-state index contributed by atoms with van der Waals surface area (Å²) in [7, 11) is 0. The number of ether oxygens (including phenoxy) is 1. The molecule has 0 spiro atoms. The van der Waals surface area contributed by atoms with Crippen LogP contribution in [0.1, 0.15) is 53.9 Å². The van der Waals surface area contributed by atoms with E-state index in [2.05, 4.69) is 20.8 Å². The summed E-state index contributed by atoms with van der Waals surface area (Å²) >= 11 is 0. The van der Waals surface area contributed by atoms with Gasteiger partial charge in [-0.1, -0.05) is 26.3 Å². The number of hydrogen-bond acceptors (Lipinski definition) is 2. The first-order valence-corrected chi connectivity index (χ1v) is 6.75. The third-order valence-electron chi connectivity index (χ3n) is 3.63. The van der Waals surface area contributed by atoms with Gasteiger partial charge in [0.05, 0.1) is 0 Å². The number of carbonyl (C=O) groups is 1. The molecule has 2 nitrogen and oxygen atoms in total. The summed E-state index contributed by atoms with van der Waals surface area (Å²) in [6, 6.07) is 0. The summed E-state index contributed by atoms with van der Waals surface area (Å²) < 4.78 is 5.61. The van der Waals surface area contributed by atoms with Crippen molar-refractivity contribution in [2.24, 2.45) is 17.8 Å². The summed E-state index contributed by atoms with van der Waals surface area (Å²) in [4.78, 5) is 11.7. The summed E-state index contributed by atoms with van der Waals surface area (Å²) in [6.07, 6.45) is 5.09. The van der Waals surface area contributed by atoms with Crippen molar-refractivity contribution in [3.8, 4) is 0 Å². The summed E-state index contributed by atoms with van der Waals surface area (Å²) in [6.45, 7) is 10.6. The minimum atomic E-state index is -0.171. The van der Waals surface area contributed by atoms with Crippen molar-refractivity contribution in [3.63, 3.8) is 0 Å². The maximum Gasteiger partial charge on any atom is 0.330 e. The molecule has 3 unspecified atom stereocenters. The Kier molecular flexibility index (Phi) is 5.23. The number of rotatable bonds is 3. The fourth-order valence-corrected chi connectivity index (χ4v) is 2.66. The van der Waals surface area contributed by atoms with Crippen LogP contribution >= 0.6 is 0 Å². The Morgan fingerprint density at radius 3 is 2.47 bits per heavy atom. The van der Waals surface area contributed by atoms with Gasteiger partial charge in [0.15, 0.2) is 0 Å². The van der Waals surface area contributed by atoms with E-state index in [1.165, 1.54) is 12.8 Å². The van der Waals surface area contributed by atoms with Gasteiger partial charge in [-0.2, -0.15) is 0 Å². The van der Waals surface area contributed by atoms with Gasteiger partial charge >= 0.3 is 5.97 Å². The molecule has 0 aromatic carbocycles. The maximum atomic E-state index is 11.7. The minimum absolute atomic E-state index is 0.120. The van der Waals surface area contributed by atoms with Crippen LogP contribution in [0.15, 0.2) is 11.6 Å².